The third kappa shape index (κ3) is 5.92. The molecule has 0 spiro atoms. The molecule has 0 unspecified atom stereocenters. The smallest absolute Gasteiger partial charge is 0.238 e. The lowest BCUT2D eigenvalue weighted by Gasteiger charge is -2.08. The second kappa shape index (κ2) is 8.70. The minimum absolute atomic E-state index is 0.0270. The molecule has 0 aromatic heterocycles. The summed E-state index contributed by atoms with van der Waals surface area (Å²) in [7, 11) is 1.72. The van der Waals surface area contributed by atoms with Gasteiger partial charge in [0, 0.05) is 17.8 Å². The van der Waals surface area contributed by atoms with E-state index in [9.17, 15) is 9.59 Å². The van der Waals surface area contributed by atoms with Gasteiger partial charge in [-0.25, -0.2) is 0 Å². The Kier molecular flexibility index (Phi) is 6.32. The molecule has 2 aromatic carbocycles. The van der Waals surface area contributed by atoms with E-state index in [1.54, 1.807) is 31.3 Å². The van der Waals surface area contributed by atoms with E-state index in [4.69, 9.17) is 0 Å². The average molecular weight is 311 g/mol. The number of hydrogen-bond acceptors (Lipinski definition) is 3. The number of hydrogen-bond donors (Lipinski definition) is 3. The fraction of sp³-hybridized carbons (Fsp3) is 0.222. The lowest BCUT2D eigenvalue weighted by molar-refractivity contribution is -0.116. The van der Waals surface area contributed by atoms with Gasteiger partial charge >= 0.3 is 0 Å². The zero-order chi connectivity index (χ0) is 16.5. The Morgan fingerprint density at radius 2 is 1.39 bits per heavy atom. The Balaban J connectivity index is 1.80. The largest absolute Gasteiger partial charge is 0.326 e. The molecule has 3 N–H and O–H groups in total. The number of benzene rings is 2. The lowest BCUT2D eigenvalue weighted by atomic mass is 10.1. The van der Waals surface area contributed by atoms with Crippen molar-refractivity contribution in [1.82, 2.24) is 5.32 Å². The van der Waals surface area contributed by atoms with Crippen molar-refractivity contribution in [3.8, 4) is 0 Å². The van der Waals surface area contributed by atoms with Crippen LogP contribution in [0, 0.1) is 0 Å². The first-order chi connectivity index (χ1) is 11.2. The highest BCUT2D eigenvalue weighted by atomic mass is 16.2. The minimum Gasteiger partial charge on any atom is -0.326 e. The molecule has 0 saturated carbocycles. The fourth-order valence-corrected chi connectivity index (χ4v) is 2.13. The molecule has 0 fully saturated rings. The van der Waals surface area contributed by atoms with Crippen LogP contribution in [-0.2, 0) is 16.0 Å². The van der Waals surface area contributed by atoms with Crippen molar-refractivity contribution >= 4 is 23.2 Å². The van der Waals surface area contributed by atoms with Gasteiger partial charge < -0.3 is 16.0 Å². The number of carbonyl (C=O) groups is 2. The quantitative estimate of drug-likeness (QED) is 0.735. The molecule has 2 amide bonds. The van der Waals surface area contributed by atoms with Crippen LogP contribution in [0.25, 0.3) is 0 Å². The van der Waals surface area contributed by atoms with E-state index in [1.807, 2.05) is 30.3 Å². The van der Waals surface area contributed by atoms with E-state index in [0.29, 0.717) is 18.5 Å². The summed E-state index contributed by atoms with van der Waals surface area (Å²) in [6.45, 7) is 0.262. The van der Waals surface area contributed by atoms with Crippen LogP contribution < -0.4 is 16.0 Å². The Bertz CT molecular complexity index is 639. The second-order valence-electron chi connectivity index (χ2n) is 5.19. The average Bonchev–Trinajstić information content (AvgIpc) is 2.56. The highest BCUT2D eigenvalue weighted by Crippen LogP contribution is 2.14. The van der Waals surface area contributed by atoms with E-state index in [-0.39, 0.29) is 18.4 Å². The third-order valence-corrected chi connectivity index (χ3v) is 3.27. The molecule has 0 aliphatic carbocycles. The number of likely N-dealkylation sites (N-methyl/N-ethyl adjacent to an activating group) is 1. The Hall–Kier alpha value is -2.66. The van der Waals surface area contributed by atoms with E-state index in [1.165, 1.54) is 0 Å². The molecule has 120 valence electrons. The van der Waals surface area contributed by atoms with E-state index in [0.717, 1.165) is 11.3 Å². The molecular weight excluding hydrogens is 290 g/mol. The van der Waals surface area contributed by atoms with Crippen molar-refractivity contribution in [2.45, 2.75) is 12.8 Å². The van der Waals surface area contributed by atoms with Gasteiger partial charge in [-0.05, 0) is 43.3 Å². The highest BCUT2D eigenvalue weighted by Gasteiger charge is 2.04. The summed E-state index contributed by atoms with van der Waals surface area (Å²) in [5.41, 5.74) is 2.56. The maximum atomic E-state index is 11.9. The van der Waals surface area contributed by atoms with Gasteiger partial charge in [-0.3, -0.25) is 9.59 Å². The van der Waals surface area contributed by atoms with Crippen molar-refractivity contribution in [1.29, 1.82) is 0 Å². The van der Waals surface area contributed by atoms with E-state index < -0.39 is 0 Å². The third-order valence-electron chi connectivity index (χ3n) is 3.27. The molecule has 0 bridgehead atoms. The zero-order valence-corrected chi connectivity index (χ0v) is 13.1. The van der Waals surface area contributed by atoms with Crippen LogP contribution in [-0.4, -0.2) is 25.4 Å². The van der Waals surface area contributed by atoms with Crippen molar-refractivity contribution in [2.75, 3.05) is 24.2 Å². The number of amides is 2. The van der Waals surface area contributed by atoms with Crippen LogP contribution in [0.1, 0.15) is 12.0 Å². The van der Waals surface area contributed by atoms with Crippen LogP contribution in [0.5, 0.6) is 0 Å². The number of rotatable bonds is 7. The molecular formula is C18H21N3O2. The minimum atomic E-state index is -0.104. The van der Waals surface area contributed by atoms with Gasteiger partial charge in [0.05, 0.1) is 6.54 Å². The monoisotopic (exact) mass is 311 g/mol. The van der Waals surface area contributed by atoms with Gasteiger partial charge in [0.25, 0.3) is 0 Å². The van der Waals surface area contributed by atoms with Crippen molar-refractivity contribution in [3.63, 3.8) is 0 Å². The van der Waals surface area contributed by atoms with Crippen LogP contribution in [0.15, 0.2) is 54.6 Å². The molecule has 5 nitrogen and oxygen atoms in total. The van der Waals surface area contributed by atoms with Crippen molar-refractivity contribution in [2.24, 2.45) is 0 Å². The molecule has 0 heterocycles. The number of aryl methyl sites for hydroxylation is 1. The van der Waals surface area contributed by atoms with Gasteiger partial charge in [0.2, 0.25) is 11.8 Å². The molecule has 0 radical (unpaired) electrons. The summed E-state index contributed by atoms with van der Waals surface area (Å²) in [5, 5.41) is 8.39. The summed E-state index contributed by atoms with van der Waals surface area (Å²) in [4.78, 5) is 23.4. The molecule has 2 rings (SSSR count). The van der Waals surface area contributed by atoms with Gasteiger partial charge in [-0.2, -0.15) is 0 Å². The lowest BCUT2D eigenvalue weighted by Crippen LogP contribution is -2.25. The summed E-state index contributed by atoms with van der Waals surface area (Å²) >= 11 is 0. The molecule has 2 aromatic rings. The van der Waals surface area contributed by atoms with Gasteiger partial charge in [0.1, 0.15) is 0 Å². The Morgan fingerprint density at radius 1 is 0.826 bits per heavy atom. The molecule has 0 aliphatic rings. The SMILES string of the molecule is CNCC(=O)Nc1ccc(NC(=O)CCc2ccccc2)cc1. The zero-order valence-electron chi connectivity index (χ0n) is 13.1. The van der Waals surface area contributed by atoms with E-state index in [2.05, 4.69) is 16.0 Å². The summed E-state index contributed by atoms with van der Waals surface area (Å²) in [6.07, 6.45) is 1.15. The van der Waals surface area contributed by atoms with Gasteiger partial charge in [-0.15, -0.1) is 0 Å². The van der Waals surface area contributed by atoms with Crippen molar-refractivity contribution in [3.05, 3.63) is 60.2 Å². The molecule has 0 saturated heterocycles. The fourth-order valence-electron chi connectivity index (χ4n) is 2.13. The predicted octanol–water partition coefficient (Wildman–Crippen LogP) is 2.42. The highest BCUT2D eigenvalue weighted by molar-refractivity contribution is 5.93. The van der Waals surface area contributed by atoms with Crippen LogP contribution in [0.4, 0.5) is 11.4 Å². The standard InChI is InChI=1S/C18H21N3O2/c1-19-13-18(23)21-16-10-8-15(9-11-16)20-17(22)12-7-14-5-3-2-4-6-14/h2-6,8-11,19H,7,12-13H2,1H3,(H,20,22)(H,21,23). The maximum absolute atomic E-state index is 11.9. The van der Waals surface area contributed by atoms with Gasteiger partial charge in [0.15, 0.2) is 0 Å². The van der Waals surface area contributed by atoms with Crippen LogP contribution in [0.3, 0.4) is 0 Å². The molecule has 23 heavy (non-hydrogen) atoms. The summed E-state index contributed by atoms with van der Waals surface area (Å²) in [6, 6.07) is 17.0. The summed E-state index contributed by atoms with van der Waals surface area (Å²) in [5.74, 6) is -0.132. The van der Waals surface area contributed by atoms with Crippen molar-refractivity contribution < 1.29 is 9.59 Å². The molecule has 0 aliphatic heterocycles. The van der Waals surface area contributed by atoms with E-state index >= 15 is 0 Å². The predicted molar refractivity (Wildman–Crippen MR) is 92.4 cm³/mol. The summed E-state index contributed by atoms with van der Waals surface area (Å²) < 4.78 is 0. The second-order valence-corrected chi connectivity index (χ2v) is 5.19. The molecule has 5 heteroatoms. The number of nitrogens with one attached hydrogen (secondary N) is 3. The first-order valence-electron chi connectivity index (χ1n) is 7.55. The van der Waals surface area contributed by atoms with Crippen LogP contribution in [0.2, 0.25) is 0 Å². The number of anilines is 2. The first kappa shape index (κ1) is 16.7. The topological polar surface area (TPSA) is 70.2 Å². The molecule has 0 atom stereocenters. The number of carbonyl (C=O) groups excluding carboxylic acids is 2. The Labute approximate surface area is 136 Å². The Morgan fingerprint density at radius 3 is 1.96 bits per heavy atom. The first-order valence-corrected chi connectivity index (χ1v) is 7.55. The van der Waals surface area contributed by atoms with Gasteiger partial charge in [-0.1, -0.05) is 30.3 Å². The maximum Gasteiger partial charge on any atom is 0.238 e. The van der Waals surface area contributed by atoms with Crippen LogP contribution >= 0.6 is 0 Å². The normalized spacial score (nSPS) is 10.1.